The lowest BCUT2D eigenvalue weighted by Gasteiger charge is -2.19. The lowest BCUT2D eigenvalue weighted by molar-refractivity contribution is 0.102. The Bertz CT molecular complexity index is 1540. The number of hydrogen-bond donors (Lipinski definition) is 1. The Morgan fingerprint density at radius 3 is 2.19 bits per heavy atom. The minimum Gasteiger partial charge on any atom is -0.384 e. The number of Topliss-reactive ketones (excluding diaryl/α,β-unsaturated/α-hetero) is 1. The van der Waals surface area contributed by atoms with E-state index in [1.54, 1.807) is 0 Å². The average Bonchev–Trinajstić information content (AvgIpc) is 3.29. The van der Waals surface area contributed by atoms with Crippen LogP contribution in [0.15, 0.2) is 69.3 Å². The number of hydrogen-bond acceptors (Lipinski definition) is 7. The van der Waals surface area contributed by atoms with Crippen LogP contribution in [0.5, 0.6) is 0 Å². The lowest BCUT2D eigenvalue weighted by Crippen LogP contribution is -2.41. The highest BCUT2D eigenvalue weighted by atomic mass is 32.2. The molecule has 0 aliphatic carbocycles. The Hall–Kier alpha value is -3.92. The van der Waals surface area contributed by atoms with E-state index < -0.39 is 17.0 Å². The number of benzene rings is 2. The highest BCUT2D eigenvalue weighted by Gasteiger charge is 2.23. The summed E-state index contributed by atoms with van der Waals surface area (Å²) in [5, 5.41) is 9.27. The van der Waals surface area contributed by atoms with Crippen LogP contribution < -0.4 is 17.0 Å². The van der Waals surface area contributed by atoms with Crippen LogP contribution in [-0.2, 0) is 19.5 Å². The first-order valence-electron chi connectivity index (χ1n) is 11.3. The molecule has 0 bridgehead atoms. The number of aromatic nitrogens is 5. The molecule has 0 atom stereocenters. The van der Waals surface area contributed by atoms with Crippen molar-refractivity contribution in [1.29, 1.82) is 0 Å². The Kier molecular flexibility index (Phi) is 6.73. The molecule has 186 valence electrons. The number of nitrogens with two attached hydrogens (primary N) is 1. The largest absolute Gasteiger partial charge is 0.384 e. The van der Waals surface area contributed by atoms with E-state index in [2.05, 4.69) is 43.1 Å². The summed E-state index contributed by atoms with van der Waals surface area (Å²) in [5.41, 5.74) is 7.38. The molecule has 0 aliphatic heterocycles. The molecule has 0 fully saturated rings. The second-order valence-corrected chi connectivity index (χ2v) is 10.4. The van der Waals surface area contributed by atoms with E-state index in [4.69, 9.17) is 5.73 Å². The minimum atomic E-state index is -0.717. The number of para-hydroxylation sites is 1. The molecule has 36 heavy (non-hydrogen) atoms. The fourth-order valence-electron chi connectivity index (χ4n) is 3.80. The summed E-state index contributed by atoms with van der Waals surface area (Å²) in [7, 11) is 2.74. The number of ketones is 1. The number of nitrogens with zero attached hydrogens (tertiary/aromatic N) is 5. The fourth-order valence-corrected chi connectivity index (χ4v) is 4.63. The van der Waals surface area contributed by atoms with Crippen LogP contribution in [0.2, 0.25) is 0 Å². The predicted molar refractivity (Wildman–Crippen MR) is 142 cm³/mol. The van der Waals surface area contributed by atoms with Crippen LogP contribution in [0.25, 0.3) is 17.1 Å². The van der Waals surface area contributed by atoms with Crippen molar-refractivity contribution < 1.29 is 4.79 Å². The second kappa shape index (κ2) is 9.62. The molecule has 4 aromatic rings. The molecule has 4 rings (SSSR count). The molecule has 2 aromatic heterocycles. The second-order valence-electron chi connectivity index (χ2n) is 9.48. The number of nitrogen functional groups attached to an aromatic ring is 1. The molecule has 10 heteroatoms. The van der Waals surface area contributed by atoms with Gasteiger partial charge >= 0.3 is 5.69 Å². The molecular formula is C26H28N6O3S. The van der Waals surface area contributed by atoms with E-state index in [-0.39, 0.29) is 22.5 Å². The molecular weight excluding hydrogens is 476 g/mol. The molecule has 0 saturated carbocycles. The molecule has 0 spiro atoms. The van der Waals surface area contributed by atoms with Gasteiger partial charge in [-0.05, 0) is 23.1 Å². The maximum absolute atomic E-state index is 13.0. The van der Waals surface area contributed by atoms with Gasteiger partial charge < -0.3 is 5.73 Å². The third-order valence-corrected chi connectivity index (χ3v) is 6.91. The van der Waals surface area contributed by atoms with Crippen LogP contribution in [0.4, 0.5) is 5.82 Å². The van der Waals surface area contributed by atoms with Crippen molar-refractivity contribution in [3.63, 3.8) is 0 Å². The molecule has 0 radical (unpaired) electrons. The van der Waals surface area contributed by atoms with E-state index in [1.165, 1.54) is 19.7 Å². The van der Waals surface area contributed by atoms with E-state index in [0.29, 0.717) is 11.0 Å². The fraction of sp³-hybridized carbons (Fsp3) is 0.269. The van der Waals surface area contributed by atoms with Crippen LogP contribution in [0, 0.1) is 0 Å². The molecule has 0 unspecified atom stereocenters. The highest BCUT2D eigenvalue weighted by Crippen LogP contribution is 2.30. The van der Waals surface area contributed by atoms with E-state index in [9.17, 15) is 14.4 Å². The Morgan fingerprint density at radius 2 is 1.58 bits per heavy atom. The van der Waals surface area contributed by atoms with Crippen LogP contribution in [0.3, 0.4) is 0 Å². The summed E-state index contributed by atoms with van der Waals surface area (Å²) in [6, 6.07) is 17.8. The number of rotatable bonds is 6. The average molecular weight is 505 g/mol. The predicted octanol–water partition coefficient (Wildman–Crippen LogP) is 3.19. The minimum absolute atomic E-state index is 0.0207. The van der Waals surface area contributed by atoms with Gasteiger partial charge in [-0.2, -0.15) is 0 Å². The standard InChI is InChI=1S/C26H28N6O3S/c1-26(2,3)17-13-11-16(12-14-17)22-28-29-24(32(22)18-9-7-6-8-10-18)36-15-19(33)20-21(27)30(4)25(35)31(5)23(20)34/h6-14H,15,27H2,1-5H3. The van der Waals surface area contributed by atoms with Gasteiger partial charge in [-0.3, -0.25) is 23.3 Å². The molecule has 2 heterocycles. The normalized spacial score (nSPS) is 11.6. The van der Waals surface area contributed by atoms with Crippen LogP contribution in [-0.4, -0.2) is 35.4 Å². The zero-order valence-corrected chi connectivity index (χ0v) is 21.7. The lowest BCUT2D eigenvalue weighted by atomic mass is 9.87. The molecule has 0 saturated heterocycles. The number of carbonyl (C=O) groups excluding carboxylic acids is 1. The molecule has 0 amide bonds. The SMILES string of the molecule is Cn1c(N)c(C(=O)CSc2nnc(-c3ccc(C(C)(C)C)cc3)n2-c2ccccc2)c(=O)n(C)c1=O. The van der Waals surface area contributed by atoms with Gasteiger partial charge in [0.1, 0.15) is 11.4 Å². The van der Waals surface area contributed by atoms with Gasteiger partial charge in [0, 0.05) is 25.3 Å². The van der Waals surface area contributed by atoms with Crippen molar-refractivity contribution in [2.45, 2.75) is 31.3 Å². The number of carbonyl (C=O) groups is 1. The smallest absolute Gasteiger partial charge is 0.332 e. The van der Waals surface area contributed by atoms with Crippen molar-refractivity contribution in [3.8, 4) is 17.1 Å². The number of anilines is 1. The Morgan fingerprint density at radius 1 is 0.944 bits per heavy atom. The van der Waals surface area contributed by atoms with Crippen molar-refractivity contribution in [2.75, 3.05) is 11.5 Å². The molecule has 2 N–H and O–H groups in total. The summed E-state index contributed by atoms with van der Waals surface area (Å²) in [5.74, 6) is -0.120. The quantitative estimate of drug-likeness (QED) is 0.316. The molecule has 0 aliphatic rings. The van der Waals surface area contributed by atoms with Gasteiger partial charge in [0.2, 0.25) is 0 Å². The Labute approximate surface area is 212 Å². The summed E-state index contributed by atoms with van der Waals surface area (Å²) in [6.07, 6.45) is 0. The van der Waals surface area contributed by atoms with E-state index in [1.807, 2.05) is 47.0 Å². The maximum Gasteiger partial charge on any atom is 0.332 e. The third-order valence-electron chi connectivity index (χ3n) is 5.98. The van der Waals surface area contributed by atoms with Crippen molar-refractivity contribution in [2.24, 2.45) is 14.1 Å². The van der Waals surface area contributed by atoms with Crippen LogP contribution >= 0.6 is 11.8 Å². The van der Waals surface area contributed by atoms with Gasteiger partial charge in [0.25, 0.3) is 5.56 Å². The van der Waals surface area contributed by atoms with E-state index in [0.717, 1.165) is 32.1 Å². The molecule has 9 nitrogen and oxygen atoms in total. The summed E-state index contributed by atoms with van der Waals surface area (Å²) in [6.45, 7) is 6.47. The summed E-state index contributed by atoms with van der Waals surface area (Å²) < 4.78 is 3.84. The zero-order valence-electron chi connectivity index (χ0n) is 20.8. The summed E-state index contributed by atoms with van der Waals surface area (Å²) >= 11 is 1.15. The van der Waals surface area contributed by atoms with Crippen molar-refractivity contribution in [3.05, 3.63) is 86.6 Å². The van der Waals surface area contributed by atoms with Gasteiger partial charge in [0.05, 0.1) is 5.75 Å². The Balaban J connectivity index is 1.71. The first-order valence-corrected chi connectivity index (χ1v) is 12.3. The van der Waals surface area contributed by atoms with Crippen molar-refractivity contribution >= 4 is 23.4 Å². The first kappa shape index (κ1) is 25.2. The third kappa shape index (κ3) is 4.64. The van der Waals surface area contributed by atoms with Gasteiger partial charge in [-0.1, -0.05) is 75.0 Å². The van der Waals surface area contributed by atoms with Gasteiger partial charge in [-0.25, -0.2) is 4.79 Å². The van der Waals surface area contributed by atoms with Crippen LogP contribution in [0.1, 0.15) is 36.7 Å². The van der Waals surface area contributed by atoms with Crippen molar-refractivity contribution in [1.82, 2.24) is 23.9 Å². The van der Waals surface area contributed by atoms with Gasteiger partial charge in [-0.15, -0.1) is 10.2 Å². The first-order chi connectivity index (χ1) is 17.0. The zero-order chi connectivity index (χ0) is 26.2. The van der Waals surface area contributed by atoms with Gasteiger partial charge in [0.15, 0.2) is 16.8 Å². The van der Waals surface area contributed by atoms with E-state index >= 15 is 0 Å². The highest BCUT2D eigenvalue weighted by molar-refractivity contribution is 7.99. The number of thioether (sulfide) groups is 1. The molecule has 2 aromatic carbocycles. The monoisotopic (exact) mass is 504 g/mol. The summed E-state index contributed by atoms with van der Waals surface area (Å²) in [4.78, 5) is 37.7. The topological polar surface area (TPSA) is 118 Å². The maximum atomic E-state index is 13.0.